The second-order valence-electron chi connectivity index (χ2n) is 3.33. The fraction of sp³-hybridized carbons (Fsp3) is 0.364. The molecule has 0 fully saturated rings. The Hall–Kier alpha value is -1.14. The molecule has 94 valence electrons. The summed E-state index contributed by atoms with van der Waals surface area (Å²) in [6, 6.07) is 2.86. The van der Waals surface area contributed by atoms with Gasteiger partial charge in [0.2, 0.25) is 0 Å². The van der Waals surface area contributed by atoms with Crippen molar-refractivity contribution in [1.82, 2.24) is 0 Å². The molecule has 0 saturated carbocycles. The summed E-state index contributed by atoms with van der Waals surface area (Å²) >= 11 is 0. The van der Waals surface area contributed by atoms with Gasteiger partial charge in [-0.05, 0) is 18.2 Å². The molecule has 0 N–H and O–H groups in total. The number of Topliss-reactive ketones (excluding diaryl/α,β-unsaturated/α-hetero) is 1. The highest BCUT2D eigenvalue weighted by Crippen LogP contribution is 2.09. The van der Waals surface area contributed by atoms with E-state index in [4.69, 9.17) is 4.74 Å². The normalized spacial score (nSPS) is 12.4. The predicted octanol–water partition coefficient (Wildman–Crippen LogP) is 1.54. The summed E-state index contributed by atoms with van der Waals surface area (Å²) in [4.78, 5) is 11.6. The minimum absolute atomic E-state index is 0.0228. The van der Waals surface area contributed by atoms with E-state index >= 15 is 0 Å². The zero-order chi connectivity index (χ0) is 12.8. The van der Waals surface area contributed by atoms with Crippen LogP contribution in [-0.4, -0.2) is 35.2 Å². The Morgan fingerprint density at radius 1 is 1.35 bits per heavy atom. The lowest BCUT2D eigenvalue weighted by atomic mass is 10.1. The number of methoxy groups -OCH3 is 1. The first-order valence-corrected chi connectivity index (χ1v) is 6.35. The van der Waals surface area contributed by atoms with Crippen molar-refractivity contribution in [3.05, 3.63) is 35.4 Å². The Bertz CT molecular complexity index is 435. The summed E-state index contributed by atoms with van der Waals surface area (Å²) in [5.74, 6) is -2.54. The van der Waals surface area contributed by atoms with Gasteiger partial charge in [0.25, 0.3) is 0 Å². The van der Waals surface area contributed by atoms with E-state index in [1.165, 1.54) is 13.2 Å². The first kappa shape index (κ1) is 13.9. The topological polar surface area (TPSA) is 43.4 Å². The third-order valence-electron chi connectivity index (χ3n) is 2.05. The molecule has 0 aliphatic rings. The molecule has 0 bridgehead atoms. The summed E-state index contributed by atoms with van der Waals surface area (Å²) in [5.41, 5.74) is 0.0228. The fourth-order valence-corrected chi connectivity index (χ4v) is 2.10. The Kier molecular flexibility index (Phi) is 5.37. The average Bonchev–Trinajstić information content (AvgIpc) is 2.30. The Morgan fingerprint density at radius 3 is 2.65 bits per heavy atom. The van der Waals surface area contributed by atoms with Gasteiger partial charge in [0.1, 0.15) is 0 Å². The maximum Gasteiger partial charge on any atom is 0.175 e. The minimum atomic E-state index is -1.35. The van der Waals surface area contributed by atoms with Crippen LogP contribution in [0.5, 0.6) is 0 Å². The van der Waals surface area contributed by atoms with Crippen molar-refractivity contribution in [3.63, 3.8) is 0 Å². The van der Waals surface area contributed by atoms with Gasteiger partial charge in [-0.2, -0.15) is 0 Å². The highest BCUT2D eigenvalue weighted by atomic mass is 32.2. The first-order valence-electron chi connectivity index (χ1n) is 4.86. The van der Waals surface area contributed by atoms with Crippen molar-refractivity contribution < 1.29 is 22.5 Å². The predicted molar refractivity (Wildman–Crippen MR) is 60.4 cm³/mol. The lowest BCUT2D eigenvalue weighted by molar-refractivity contribution is 0.102. The van der Waals surface area contributed by atoms with E-state index in [-0.39, 0.29) is 23.7 Å². The number of rotatable bonds is 6. The van der Waals surface area contributed by atoms with Crippen LogP contribution in [0, 0.1) is 11.6 Å². The number of hydrogen-bond donors (Lipinski definition) is 0. The monoisotopic (exact) mass is 262 g/mol. The van der Waals surface area contributed by atoms with Crippen molar-refractivity contribution in [2.24, 2.45) is 0 Å². The van der Waals surface area contributed by atoms with Crippen molar-refractivity contribution in [2.75, 3.05) is 25.2 Å². The van der Waals surface area contributed by atoms with Crippen molar-refractivity contribution in [3.8, 4) is 0 Å². The smallest absolute Gasteiger partial charge is 0.175 e. The molecule has 1 atom stereocenters. The van der Waals surface area contributed by atoms with Gasteiger partial charge >= 0.3 is 0 Å². The number of ketones is 1. The second kappa shape index (κ2) is 6.56. The van der Waals surface area contributed by atoms with E-state index in [2.05, 4.69) is 0 Å². The summed E-state index contributed by atoms with van der Waals surface area (Å²) < 4.78 is 41.6. The molecule has 1 unspecified atom stereocenters. The van der Waals surface area contributed by atoms with Gasteiger partial charge in [0.15, 0.2) is 17.4 Å². The quantitative estimate of drug-likeness (QED) is 0.730. The molecule has 3 nitrogen and oxygen atoms in total. The van der Waals surface area contributed by atoms with Crippen LogP contribution in [0.1, 0.15) is 10.4 Å². The summed E-state index contributed by atoms with van der Waals surface area (Å²) in [6.07, 6.45) is 0. The largest absolute Gasteiger partial charge is 0.384 e. The van der Waals surface area contributed by atoms with Gasteiger partial charge in [-0.3, -0.25) is 9.00 Å². The van der Waals surface area contributed by atoms with Crippen LogP contribution in [0.25, 0.3) is 0 Å². The highest BCUT2D eigenvalue weighted by Gasteiger charge is 2.12. The summed E-state index contributed by atoms with van der Waals surface area (Å²) in [5, 5.41) is 0. The van der Waals surface area contributed by atoms with E-state index in [0.717, 1.165) is 12.1 Å². The molecule has 0 aliphatic heterocycles. The molecule has 0 spiro atoms. The number of hydrogen-bond acceptors (Lipinski definition) is 3. The number of halogens is 2. The number of carbonyl (C=O) groups is 1. The molecule has 1 rings (SSSR count). The molecule has 0 amide bonds. The van der Waals surface area contributed by atoms with Gasteiger partial charge < -0.3 is 4.74 Å². The number of benzene rings is 1. The standard InChI is InChI=1S/C11H12F2O3S/c1-16-4-5-17(15)7-11(14)8-2-3-9(12)10(13)6-8/h2-3,6H,4-5,7H2,1H3. The maximum atomic E-state index is 12.9. The van der Waals surface area contributed by atoms with Gasteiger partial charge in [0.05, 0.1) is 12.4 Å². The van der Waals surface area contributed by atoms with E-state index in [1.807, 2.05) is 0 Å². The van der Waals surface area contributed by atoms with E-state index in [1.54, 1.807) is 0 Å². The Balaban J connectivity index is 2.63. The molecule has 1 aromatic carbocycles. The molecule has 0 radical (unpaired) electrons. The molecular formula is C11H12F2O3S. The maximum absolute atomic E-state index is 12.9. The molecule has 6 heteroatoms. The summed E-state index contributed by atoms with van der Waals surface area (Å²) in [6.45, 7) is 0.289. The molecule has 17 heavy (non-hydrogen) atoms. The molecular weight excluding hydrogens is 250 g/mol. The Labute approximate surface area is 100 Å². The molecule has 1 aromatic rings. The lowest BCUT2D eigenvalue weighted by Gasteiger charge is -2.02. The van der Waals surface area contributed by atoms with E-state index in [0.29, 0.717) is 0 Å². The van der Waals surface area contributed by atoms with Crippen molar-refractivity contribution >= 4 is 16.6 Å². The van der Waals surface area contributed by atoms with Crippen LogP contribution in [0.2, 0.25) is 0 Å². The lowest BCUT2D eigenvalue weighted by Crippen LogP contribution is -2.15. The van der Waals surface area contributed by atoms with Crippen LogP contribution in [0.4, 0.5) is 8.78 Å². The van der Waals surface area contributed by atoms with Gasteiger partial charge in [-0.1, -0.05) is 0 Å². The number of ether oxygens (including phenoxy) is 1. The van der Waals surface area contributed by atoms with E-state index < -0.39 is 28.2 Å². The molecule has 0 heterocycles. The fourth-order valence-electron chi connectivity index (χ4n) is 1.15. The summed E-state index contributed by atoms with van der Waals surface area (Å²) in [7, 11) is 0.113. The van der Waals surface area contributed by atoms with Gasteiger partial charge in [-0.25, -0.2) is 8.78 Å². The number of carbonyl (C=O) groups excluding carboxylic acids is 1. The van der Waals surface area contributed by atoms with Crippen molar-refractivity contribution in [2.45, 2.75) is 0 Å². The van der Waals surface area contributed by atoms with Crippen LogP contribution in [0.15, 0.2) is 18.2 Å². The third-order valence-corrected chi connectivity index (χ3v) is 3.25. The molecule has 0 aliphatic carbocycles. The molecule has 0 saturated heterocycles. The Morgan fingerprint density at radius 2 is 2.06 bits per heavy atom. The highest BCUT2D eigenvalue weighted by molar-refractivity contribution is 7.85. The van der Waals surface area contributed by atoms with Crippen LogP contribution in [-0.2, 0) is 15.5 Å². The van der Waals surface area contributed by atoms with Crippen LogP contribution >= 0.6 is 0 Å². The van der Waals surface area contributed by atoms with E-state index in [9.17, 15) is 17.8 Å². The second-order valence-corrected chi connectivity index (χ2v) is 4.91. The van der Waals surface area contributed by atoms with Gasteiger partial charge in [-0.15, -0.1) is 0 Å². The molecule has 0 aromatic heterocycles. The van der Waals surface area contributed by atoms with Gasteiger partial charge in [0, 0.05) is 29.2 Å². The SMILES string of the molecule is COCCS(=O)CC(=O)c1ccc(F)c(F)c1. The minimum Gasteiger partial charge on any atom is -0.384 e. The third kappa shape index (κ3) is 4.32. The first-order chi connectivity index (χ1) is 8.04. The van der Waals surface area contributed by atoms with Crippen LogP contribution < -0.4 is 0 Å². The average molecular weight is 262 g/mol. The zero-order valence-electron chi connectivity index (χ0n) is 9.24. The zero-order valence-corrected chi connectivity index (χ0v) is 10.1. The van der Waals surface area contributed by atoms with Crippen LogP contribution in [0.3, 0.4) is 0 Å². The van der Waals surface area contributed by atoms with Crippen molar-refractivity contribution in [1.29, 1.82) is 0 Å².